The number of ketones is 2. The Balaban J connectivity index is -0.000000397. The minimum atomic E-state index is -0.247. The van der Waals surface area contributed by atoms with Crippen LogP contribution in [0.3, 0.4) is 0 Å². The van der Waals surface area contributed by atoms with Crippen molar-refractivity contribution in [1.82, 2.24) is 16.0 Å². The third-order valence-electron chi connectivity index (χ3n) is 3.58. The molecule has 0 aliphatic rings. The van der Waals surface area contributed by atoms with Crippen LogP contribution in [0.25, 0.3) is 0 Å². The molecule has 0 unspecified atom stereocenters. The van der Waals surface area contributed by atoms with Crippen molar-refractivity contribution in [2.45, 2.75) is 99.6 Å². The zero-order valence-electron chi connectivity index (χ0n) is 19.6. The summed E-state index contributed by atoms with van der Waals surface area (Å²) in [4.78, 5) is 34.1. The van der Waals surface area contributed by atoms with Gasteiger partial charge in [-0.05, 0) is 53.6 Å². The van der Waals surface area contributed by atoms with E-state index in [1.807, 2.05) is 41.5 Å². The Hall–Kier alpha value is -1.27. The van der Waals surface area contributed by atoms with Gasteiger partial charge in [-0.15, -0.1) is 0 Å². The molecule has 0 radical (unpaired) electrons. The van der Waals surface area contributed by atoms with E-state index < -0.39 is 0 Å². The van der Waals surface area contributed by atoms with E-state index in [9.17, 15) is 14.4 Å². The molecule has 2 atom stereocenters. The molecule has 0 spiro atoms. The lowest BCUT2D eigenvalue weighted by atomic mass is 10.1. The highest BCUT2D eigenvalue weighted by Crippen LogP contribution is 2.02. The van der Waals surface area contributed by atoms with Gasteiger partial charge in [0.2, 0.25) is 5.91 Å². The Morgan fingerprint density at radius 1 is 0.704 bits per heavy atom. The largest absolute Gasteiger partial charge is 0.356 e. The number of likely N-dealkylation sites (N-methyl/N-ethyl adjacent to an activating group) is 2. The van der Waals surface area contributed by atoms with Crippen LogP contribution >= 0.6 is 0 Å². The van der Waals surface area contributed by atoms with Crippen molar-refractivity contribution in [2.75, 3.05) is 20.6 Å². The van der Waals surface area contributed by atoms with Gasteiger partial charge in [0, 0.05) is 13.0 Å². The molecule has 0 heterocycles. The first-order valence-electron chi connectivity index (χ1n) is 10.5. The van der Waals surface area contributed by atoms with Gasteiger partial charge in [-0.1, -0.05) is 41.5 Å². The Morgan fingerprint density at radius 2 is 1.11 bits per heavy atom. The summed E-state index contributed by atoms with van der Waals surface area (Å²) in [7, 11) is 3.50. The van der Waals surface area contributed by atoms with E-state index >= 15 is 0 Å². The highest BCUT2D eigenvalue weighted by molar-refractivity contribution is 5.83. The number of nitrogens with one attached hydrogen (secondary N) is 3. The quantitative estimate of drug-likeness (QED) is 0.445. The molecule has 0 aromatic rings. The summed E-state index contributed by atoms with van der Waals surface area (Å²) in [5, 5.41) is 8.71. The lowest BCUT2D eigenvalue weighted by molar-refractivity contribution is -0.122. The number of carbonyl (C=O) groups excluding carboxylic acids is 3. The molecule has 0 aromatic heterocycles. The summed E-state index contributed by atoms with van der Waals surface area (Å²) < 4.78 is 0. The topological polar surface area (TPSA) is 87.3 Å². The van der Waals surface area contributed by atoms with Crippen molar-refractivity contribution in [3.05, 3.63) is 0 Å². The molecule has 6 heteroatoms. The number of amides is 1. The number of hydrogen-bond donors (Lipinski definition) is 3. The first-order chi connectivity index (χ1) is 12.9. The van der Waals surface area contributed by atoms with Crippen molar-refractivity contribution >= 4 is 17.5 Å². The van der Waals surface area contributed by atoms with Gasteiger partial charge in [0.25, 0.3) is 0 Å². The summed E-state index contributed by atoms with van der Waals surface area (Å²) in [6.07, 6.45) is 3.38. The van der Waals surface area contributed by atoms with Gasteiger partial charge in [0.1, 0.15) is 11.6 Å². The molecule has 0 aromatic carbocycles. The van der Waals surface area contributed by atoms with Crippen LogP contribution in [0.2, 0.25) is 0 Å². The second-order valence-corrected chi connectivity index (χ2v) is 5.29. The number of hydrogen-bond acceptors (Lipinski definition) is 5. The number of unbranched alkanes of at least 4 members (excludes halogenated alkanes) is 1. The second kappa shape index (κ2) is 27.0. The lowest BCUT2D eigenvalue weighted by Crippen LogP contribution is -2.34. The minimum absolute atomic E-state index is 0.0340. The van der Waals surface area contributed by atoms with E-state index in [0.717, 1.165) is 19.3 Å². The molecule has 0 aliphatic carbocycles. The maximum absolute atomic E-state index is 11.6. The van der Waals surface area contributed by atoms with E-state index in [-0.39, 0.29) is 29.6 Å². The van der Waals surface area contributed by atoms with Crippen LogP contribution in [0.4, 0.5) is 0 Å². The van der Waals surface area contributed by atoms with Gasteiger partial charge in [-0.2, -0.15) is 0 Å². The van der Waals surface area contributed by atoms with Gasteiger partial charge in [0.15, 0.2) is 0 Å². The van der Waals surface area contributed by atoms with Gasteiger partial charge in [0.05, 0.1) is 12.1 Å². The van der Waals surface area contributed by atoms with Crippen molar-refractivity contribution in [3.63, 3.8) is 0 Å². The maximum Gasteiger partial charge on any atom is 0.220 e. The predicted molar refractivity (Wildman–Crippen MR) is 117 cm³/mol. The molecule has 1 amide bonds. The van der Waals surface area contributed by atoms with Crippen LogP contribution in [0.1, 0.15) is 87.5 Å². The molecule has 0 bridgehead atoms. The Labute approximate surface area is 168 Å². The summed E-state index contributed by atoms with van der Waals surface area (Å²) in [6, 6.07) is -0.338. The van der Waals surface area contributed by atoms with E-state index in [1.54, 1.807) is 21.0 Å². The zero-order valence-corrected chi connectivity index (χ0v) is 19.6. The molecule has 0 aliphatic heterocycles. The fourth-order valence-corrected chi connectivity index (χ4v) is 2.17. The van der Waals surface area contributed by atoms with Crippen molar-refractivity contribution in [3.8, 4) is 0 Å². The van der Waals surface area contributed by atoms with E-state index in [1.165, 1.54) is 6.92 Å². The Bertz CT molecular complexity index is 348. The van der Waals surface area contributed by atoms with E-state index in [4.69, 9.17) is 0 Å². The number of rotatable bonds is 12. The summed E-state index contributed by atoms with van der Waals surface area (Å²) in [5.41, 5.74) is 0. The number of carbonyl (C=O) groups is 3. The van der Waals surface area contributed by atoms with Gasteiger partial charge in [-0.3, -0.25) is 14.4 Å². The van der Waals surface area contributed by atoms with Crippen molar-refractivity contribution in [2.24, 2.45) is 0 Å². The predicted octanol–water partition coefficient (Wildman–Crippen LogP) is 3.49. The fourth-order valence-electron chi connectivity index (χ4n) is 2.17. The summed E-state index contributed by atoms with van der Waals surface area (Å²) in [5.74, 6) is 0.157. The van der Waals surface area contributed by atoms with Crippen LogP contribution in [-0.2, 0) is 14.4 Å². The molecular formula is C21H47N3O3. The second-order valence-electron chi connectivity index (χ2n) is 5.29. The first kappa shape index (κ1) is 33.3. The molecule has 0 saturated heterocycles. The van der Waals surface area contributed by atoms with Crippen molar-refractivity contribution in [1.29, 1.82) is 0 Å². The number of Topliss-reactive ketones (excluding diaryl/α,β-unsaturated/α-hetero) is 2. The van der Waals surface area contributed by atoms with E-state index in [0.29, 0.717) is 19.4 Å². The van der Waals surface area contributed by atoms with E-state index in [2.05, 4.69) is 16.0 Å². The third kappa shape index (κ3) is 22.7. The van der Waals surface area contributed by atoms with Crippen LogP contribution in [-0.4, -0.2) is 50.2 Å². The highest BCUT2D eigenvalue weighted by Gasteiger charge is 2.13. The zero-order chi connectivity index (χ0) is 22.3. The fraction of sp³-hybridized carbons (Fsp3) is 0.857. The molecule has 164 valence electrons. The average Bonchev–Trinajstić information content (AvgIpc) is 2.69. The smallest absolute Gasteiger partial charge is 0.220 e. The Morgan fingerprint density at radius 3 is 1.48 bits per heavy atom. The monoisotopic (exact) mass is 389 g/mol. The van der Waals surface area contributed by atoms with Gasteiger partial charge < -0.3 is 16.0 Å². The van der Waals surface area contributed by atoms with Crippen LogP contribution in [0.15, 0.2) is 0 Å². The normalized spacial score (nSPS) is 11.2. The molecule has 0 rings (SSSR count). The van der Waals surface area contributed by atoms with Gasteiger partial charge in [-0.25, -0.2) is 0 Å². The van der Waals surface area contributed by atoms with Crippen molar-refractivity contribution < 1.29 is 14.4 Å². The first-order valence-corrected chi connectivity index (χ1v) is 10.5. The molecular weight excluding hydrogens is 342 g/mol. The summed E-state index contributed by atoms with van der Waals surface area (Å²) in [6.45, 7) is 15.7. The molecule has 3 N–H and O–H groups in total. The standard InChI is InChI=1S/C15H29N3O3.3C2H6/c1-11(19)13(16-3)7-5-6-10-18-15(21)9-8-14(17-4)12(2)20;3*1-2/h13-14,16-17H,5-10H2,1-4H3,(H,18,21);3*1-2H3/t13-,14-;;;/m0.../s1. The van der Waals surface area contributed by atoms with Crippen LogP contribution in [0.5, 0.6) is 0 Å². The molecule has 0 saturated carbocycles. The maximum atomic E-state index is 11.6. The average molecular weight is 390 g/mol. The third-order valence-corrected chi connectivity index (χ3v) is 3.58. The summed E-state index contributed by atoms with van der Waals surface area (Å²) >= 11 is 0. The highest BCUT2D eigenvalue weighted by atomic mass is 16.1. The van der Waals surface area contributed by atoms with Gasteiger partial charge >= 0.3 is 0 Å². The van der Waals surface area contributed by atoms with Crippen LogP contribution in [0, 0.1) is 0 Å². The molecule has 0 fully saturated rings. The molecule has 6 nitrogen and oxygen atoms in total. The lowest BCUT2D eigenvalue weighted by Gasteiger charge is -2.13. The SMILES string of the molecule is CC.CC.CC.CN[C@@H](CCCCNC(=O)CC[C@H](NC)C(C)=O)C(C)=O. The Kier molecular flexibility index (Phi) is 33.3. The molecule has 27 heavy (non-hydrogen) atoms. The van der Waals surface area contributed by atoms with Crippen LogP contribution < -0.4 is 16.0 Å². The minimum Gasteiger partial charge on any atom is -0.356 e.